The quantitative estimate of drug-likeness (QED) is 0.614. The zero-order chi connectivity index (χ0) is 17.1. The van der Waals surface area contributed by atoms with Crippen molar-refractivity contribution in [1.29, 1.82) is 0 Å². The number of amides is 2. The zero-order valence-corrected chi connectivity index (χ0v) is 14.3. The van der Waals surface area contributed by atoms with Crippen molar-refractivity contribution in [3.05, 3.63) is 47.6 Å². The summed E-state index contributed by atoms with van der Waals surface area (Å²) in [5.41, 5.74) is 3.58. The van der Waals surface area contributed by atoms with E-state index < -0.39 is 0 Å². The van der Waals surface area contributed by atoms with Gasteiger partial charge in [0.25, 0.3) is 0 Å². The van der Waals surface area contributed by atoms with Gasteiger partial charge in [-0.05, 0) is 49.9 Å². The predicted octanol–water partition coefficient (Wildman–Crippen LogP) is 3.49. The van der Waals surface area contributed by atoms with Gasteiger partial charge in [-0.25, -0.2) is 4.90 Å². The monoisotopic (exact) mass is 335 g/mol. The summed E-state index contributed by atoms with van der Waals surface area (Å²) in [5, 5.41) is 0. The van der Waals surface area contributed by atoms with Crippen molar-refractivity contribution in [3.63, 3.8) is 0 Å². The van der Waals surface area contributed by atoms with Crippen LogP contribution in [0.3, 0.4) is 0 Å². The van der Waals surface area contributed by atoms with E-state index in [0.717, 1.165) is 18.6 Å². The first-order valence-electron chi connectivity index (χ1n) is 9.12. The summed E-state index contributed by atoms with van der Waals surface area (Å²) >= 11 is 0. The van der Waals surface area contributed by atoms with Gasteiger partial charge < -0.3 is 4.74 Å². The van der Waals surface area contributed by atoms with Crippen LogP contribution in [0, 0.1) is 23.7 Å². The first-order valence-corrected chi connectivity index (χ1v) is 9.12. The highest BCUT2D eigenvalue weighted by Crippen LogP contribution is 2.58. The molecule has 0 unspecified atom stereocenters. The number of methoxy groups -OCH3 is 1. The van der Waals surface area contributed by atoms with E-state index in [1.165, 1.54) is 28.9 Å². The predicted molar refractivity (Wildman–Crippen MR) is 94.1 cm³/mol. The third-order valence-electron chi connectivity index (χ3n) is 6.36. The molecule has 1 heterocycles. The van der Waals surface area contributed by atoms with Crippen LogP contribution in [0.15, 0.2) is 47.6 Å². The lowest BCUT2D eigenvalue weighted by Gasteiger charge is -2.20. The lowest BCUT2D eigenvalue weighted by Crippen LogP contribution is -2.33. The van der Waals surface area contributed by atoms with Crippen LogP contribution in [0.5, 0.6) is 5.75 Å². The molecule has 128 valence electrons. The number of rotatable bonds is 2. The Labute approximate surface area is 147 Å². The highest BCUT2D eigenvalue weighted by Gasteiger charge is 2.62. The van der Waals surface area contributed by atoms with E-state index in [2.05, 4.69) is 12.2 Å². The summed E-state index contributed by atoms with van der Waals surface area (Å²) < 4.78 is 5.17. The van der Waals surface area contributed by atoms with Crippen LogP contribution in [0.2, 0.25) is 0 Å². The molecule has 5 rings (SSSR count). The van der Waals surface area contributed by atoms with Gasteiger partial charge in [0, 0.05) is 11.8 Å². The normalized spacial score (nSPS) is 32.9. The number of anilines is 1. The molecule has 2 saturated carbocycles. The number of nitrogens with zero attached hydrogens (tertiary/aromatic N) is 1. The lowest BCUT2D eigenvalue weighted by molar-refractivity contribution is -0.122. The maximum Gasteiger partial charge on any atom is 0.238 e. The SMILES string of the molecule is COc1ccc(N2C(=O)[C@@H]3[C@H](C2=O)[C@@H]2C=C[C@H]3C2=C2CCCC2)cc1. The summed E-state index contributed by atoms with van der Waals surface area (Å²) in [7, 11) is 1.60. The summed E-state index contributed by atoms with van der Waals surface area (Å²) in [5.74, 6) is 0.533. The molecule has 4 heteroatoms. The second-order valence-electron chi connectivity index (χ2n) is 7.46. The molecule has 4 atom stereocenters. The smallest absolute Gasteiger partial charge is 0.238 e. The fraction of sp³-hybridized carbons (Fsp3) is 0.429. The lowest BCUT2D eigenvalue weighted by atomic mass is 9.85. The van der Waals surface area contributed by atoms with Crippen molar-refractivity contribution in [1.82, 2.24) is 0 Å². The number of carbonyl (C=O) groups excluding carboxylic acids is 2. The number of benzene rings is 1. The highest BCUT2D eigenvalue weighted by molar-refractivity contribution is 6.23. The minimum Gasteiger partial charge on any atom is -0.497 e. The van der Waals surface area contributed by atoms with E-state index in [-0.39, 0.29) is 35.5 Å². The standard InChI is InChI=1S/C21H21NO3/c1-25-14-8-6-13(7-9-14)22-20(23)18-15-10-11-16(19(18)21(22)24)17(15)12-4-2-3-5-12/h6-11,15-16,18-19H,2-5H2,1H3/t15-,16+,18-,19+. The van der Waals surface area contributed by atoms with Gasteiger partial charge in [-0.3, -0.25) is 9.59 Å². The minimum absolute atomic E-state index is 0.0342. The third kappa shape index (κ3) is 1.94. The van der Waals surface area contributed by atoms with E-state index in [1.54, 1.807) is 31.4 Å². The van der Waals surface area contributed by atoms with Crippen LogP contribution in [-0.4, -0.2) is 18.9 Å². The maximum atomic E-state index is 13.1. The first kappa shape index (κ1) is 14.9. The Balaban J connectivity index is 1.51. The molecule has 1 aromatic rings. The van der Waals surface area contributed by atoms with Crippen molar-refractivity contribution in [2.75, 3.05) is 12.0 Å². The Morgan fingerprint density at radius 1 is 0.920 bits per heavy atom. The molecule has 2 amide bonds. The van der Waals surface area contributed by atoms with E-state index in [0.29, 0.717) is 5.69 Å². The van der Waals surface area contributed by atoms with Gasteiger partial charge in [0.2, 0.25) is 11.8 Å². The molecule has 3 aliphatic carbocycles. The molecule has 0 aromatic heterocycles. The molecule has 1 aromatic carbocycles. The number of ether oxygens (including phenoxy) is 1. The van der Waals surface area contributed by atoms with Gasteiger partial charge in [-0.1, -0.05) is 23.3 Å². The molecule has 25 heavy (non-hydrogen) atoms. The fourth-order valence-corrected chi connectivity index (χ4v) is 5.31. The molecule has 0 radical (unpaired) electrons. The summed E-state index contributed by atoms with van der Waals surface area (Å²) in [4.78, 5) is 27.6. The van der Waals surface area contributed by atoms with Crippen LogP contribution >= 0.6 is 0 Å². The Bertz CT molecular complexity index is 778. The van der Waals surface area contributed by atoms with Crippen LogP contribution in [0.4, 0.5) is 5.69 Å². The third-order valence-corrected chi connectivity index (χ3v) is 6.36. The molecule has 3 fully saturated rings. The Hall–Kier alpha value is -2.36. The molecule has 4 nitrogen and oxygen atoms in total. The number of imide groups is 1. The largest absolute Gasteiger partial charge is 0.497 e. The van der Waals surface area contributed by atoms with Crippen LogP contribution in [-0.2, 0) is 9.59 Å². The van der Waals surface area contributed by atoms with Gasteiger partial charge in [-0.15, -0.1) is 0 Å². The van der Waals surface area contributed by atoms with Crippen molar-refractivity contribution in [2.45, 2.75) is 25.7 Å². The number of fused-ring (bicyclic) bond motifs is 5. The second kappa shape index (κ2) is 5.32. The number of hydrogen-bond donors (Lipinski definition) is 0. The summed E-state index contributed by atoms with van der Waals surface area (Å²) in [6.07, 6.45) is 9.13. The van der Waals surface area contributed by atoms with Crippen LogP contribution in [0.25, 0.3) is 0 Å². The van der Waals surface area contributed by atoms with Crippen molar-refractivity contribution >= 4 is 17.5 Å². The highest BCUT2D eigenvalue weighted by atomic mass is 16.5. The molecule has 4 aliphatic rings. The van der Waals surface area contributed by atoms with E-state index in [4.69, 9.17) is 4.74 Å². The topological polar surface area (TPSA) is 46.6 Å². The van der Waals surface area contributed by atoms with Gasteiger partial charge >= 0.3 is 0 Å². The molecule has 0 spiro atoms. The number of allylic oxidation sites excluding steroid dienone is 4. The average molecular weight is 335 g/mol. The summed E-state index contributed by atoms with van der Waals surface area (Å²) in [6.45, 7) is 0. The van der Waals surface area contributed by atoms with Gasteiger partial charge in [-0.2, -0.15) is 0 Å². The molecule has 0 N–H and O–H groups in total. The first-order chi connectivity index (χ1) is 12.2. The number of hydrogen-bond acceptors (Lipinski definition) is 3. The minimum atomic E-state index is -0.201. The Morgan fingerprint density at radius 2 is 1.48 bits per heavy atom. The van der Waals surface area contributed by atoms with Crippen molar-refractivity contribution < 1.29 is 14.3 Å². The molecule has 1 saturated heterocycles. The molecule has 1 aliphatic heterocycles. The molecule has 2 bridgehead atoms. The molecular weight excluding hydrogens is 314 g/mol. The van der Waals surface area contributed by atoms with Crippen LogP contribution < -0.4 is 9.64 Å². The van der Waals surface area contributed by atoms with Crippen molar-refractivity contribution in [3.8, 4) is 5.75 Å². The van der Waals surface area contributed by atoms with E-state index in [1.807, 2.05) is 0 Å². The van der Waals surface area contributed by atoms with Gasteiger partial charge in [0.1, 0.15) is 5.75 Å². The second-order valence-corrected chi connectivity index (χ2v) is 7.46. The van der Waals surface area contributed by atoms with Crippen LogP contribution in [0.1, 0.15) is 25.7 Å². The average Bonchev–Trinajstić information content (AvgIpc) is 3.38. The van der Waals surface area contributed by atoms with E-state index in [9.17, 15) is 9.59 Å². The Morgan fingerprint density at radius 3 is 2.00 bits per heavy atom. The number of carbonyl (C=O) groups is 2. The zero-order valence-electron chi connectivity index (χ0n) is 14.3. The van der Waals surface area contributed by atoms with Gasteiger partial charge in [0.05, 0.1) is 24.6 Å². The molecular formula is C21H21NO3. The summed E-state index contributed by atoms with van der Waals surface area (Å²) in [6, 6.07) is 7.17. The van der Waals surface area contributed by atoms with Crippen molar-refractivity contribution in [2.24, 2.45) is 23.7 Å². The Kier molecular flexibility index (Phi) is 3.18. The van der Waals surface area contributed by atoms with Gasteiger partial charge in [0.15, 0.2) is 0 Å². The van der Waals surface area contributed by atoms with E-state index >= 15 is 0 Å². The fourth-order valence-electron chi connectivity index (χ4n) is 5.31. The maximum absolute atomic E-state index is 13.1.